The van der Waals surface area contributed by atoms with Crippen LogP contribution >= 0.6 is 0 Å². The predicted octanol–water partition coefficient (Wildman–Crippen LogP) is 2.65. The standard InChI is InChI=1S/C12H23NO/c1-2-3-4-6-11(14)9-12(10-13)7-5-8-12/h2-10,13H2,1H3. The van der Waals surface area contributed by atoms with Crippen molar-refractivity contribution >= 4 is 5.78 Å². The van der Waals surface area contributed by atoms with Crippen molar-refractivity contribution in [3.8, 4) is 0 Å². The van der Waals surface area contributed by atoms with Crippen LogP contribution in [0, 0.1) is 5.41 Å². The van der Waals surface area contributed by atoms with Crippen LogP contribution in [0.2, 0.25) is 0 Å². The first kappa shape index (κ1) is 11.7. The van der Waals surface area contributed by atoms with E-state index in [4.69, 9.17) is 5.73 Å². The summed E-state index contributed by atoms with van der Waals surface area (Å²) in [4.78, 5) is 11.6. The third-order valence-electron chi connectivity index (χ3n) is 3.48. The van der Waals surface area contributed by atoms with E-state index in [0.29, 0.717) is 12.3 Å². The number of ketones is 1. The van der Waals surface area contributed by atoms with Crippen LogP contribution in [0.5, 0.6) is 0 Å². The SMILES string of the molecule is CCCCCC(=O)CC1(CN)CCC1. The highest BCUT2D eigenvalue weighted by Gasteiger charge is 2.36. The summed E-state index contributed by atoms with van der Waals surface area (Å²) < 4.78 is 0. The van der Waals surface area contributed by atoms with Crippen molar-refractivity contribution in [3.63, 3.8) is 0 Å². The lowest BCUT2D eigenvalue weighted by molar-refractivity contribution is -0.122. The van der Waals surface area contributed by atoms with E-state index in [0.717, 1.165) is 19.3 Å². The normalized spacial score (nSPS) is 19.0. The number of hydrogen-bond acceptors (Lipinski definition) is 2. The maximum absolute atomic E-state index is 11.6. The summed E-state index contributed by atoms with van der Waals surface area (Å²) in [7, 11) is 0. The van der Waals surface area contributed by atoms with Gasteiger partial charge in [0, 0.05) is 12.8 Å². The maximum atomic E-state index is 11.6. The molecule has 0 amide bonds. The fourth-order valence-electron chi connectivity index (χ4n) is 2.21. The summed E-state index contributed by atoms with van der Waals surface area (Å²) >= 11 is 0. The lowest BCUT2D eigenvalue weighted by Gasteiger charge is -2.40. The first-order valence-corrected chi connectivity index (χ1v) is 5.94. The quantitative estimate of drug-likeness (QED) is 0.638. The first-order chi connectivity index (χ1) is 6.72. The van der Waals surface area contributed by atoms with Gasteiger partial charge in [0.2, 0.25) is 0 Å². The smallest absolute Gasteiger partial charge is 0.133 e. The van der Waals surface area contributed by atoms with Gasteiger partial charge in [-0.1, -0.05) is 26.2 Å². The topological polar surface area (TPSA) is 43.1 Å². The molecule has 1 saturated carbocycles. The van der Waals surface area contributed by atoms with Crippen LogP contribution in [0.25, 0.3) is 0 Å². The van der Waals surface area contributed by atoms with Gasteiger partial charge < -0.3 is 5.73 Å². The average molecular weight is 197 g/mol. The molecule has 0 atom stereocenters. The Hall–Kier alpha value is -0.370. The Kier molecular flexibility index (Phi) is 4.59. The van der Waals surface area contributed by atoms with Gasteiger partial charge in [0.25, 0.3) is 0 Å². The Bertz CT molecular complexity index is 179. The van der Waals surface area contributed by atoms with E-state index in [9.17, 15) is 4.79 Å². The molecule has 0 aromatic rings. The Morgan fingerprint density at radius 1 is 1.36 bits per heavy atom. The van der Waals surface area contributed by atoms with Crippen molar-refractivity contribution < 1.29 is 4.79 Å². The molecule has 0 saturated heterocycles. The minimum atomic E-state index is 0.212. The highest BCUT2D eigenvalue weighted by atomic mass is 16.1. The fourth-order valence-corrected chi connectivity index (χ4v) is 2.21. The van der Waals surface area contributed by atoms with Crippen molar-refractivity contribution in [2.75, 3.05) is 6.54 Å². The zero-order valence-corrected chi connectivity index (χ0v) is 9.35. The Labute approximate surface area is 87.2 Å². The molecular weight excluding hydrogens is 174 g/mol. The summed E-state index contributed by atoms with van der Waals surface area (Å²) in [6, 6.07) is 0. The summed E-state index contributed by atoms with van der Waals surface area (Å²) in [5.74, 6) is 0.434. The van der Waals surface area contributed by atoms with Crippen LogP contribution in [0.3, 0.4) is 0 Å². The summed E-state index contributed by atoms with van der Waals surface area (Å²) in [6.45, 7) is 2.87. The van der Waals surface area contributed by atoms with E-state index >= 15 is 0 Å². The van der Waals surface area contributed by atoms with E-state index < -0.39 is 0 Å². The Balaban J connectivity index is 2.18. The highest BCUT2D eigenvalue weighted by molar-refractivity contribution is 5.79. The van der Waals surface area contributed by atoms with Gasteiger partial charge in [0.05, 0.1) is 0 Å². The molecule has 82 valence electrons. The molecule has 0 radical (unpaired) electrons. The molecule has 1 aliphatic carbocycles. The van der Waals surface area contributed by atoms with Crippen molar-refractivity contribution in [3.05, 3.63) is 0 Å². The highest BCUT2D eigenvalue weighted by Crippen LogP contribution is 2.43. The molecule has 0 heterocycles. The fraction of sp³-hybridized carbons (Fsp3) is 0.917. The van der Waals surface area contributed by atoms with Crippen LogP contribution in [0.4, 0.5) is 0 Å². The molecule has 0 bridgehead atoms. The van der Waals surface area contributed by atoms with Crippen molar-refractivity contribution in [1.29, 1.82) is 0 Å². The van der Waals surface area contributed by atoms with Gasteiger partial charge in [-0.2, -0.15) is 0 Å². The average Bonchev–Trinajstić information content (AvgIpc) is 2.12. The molecule has 2 nitrogen and oxygen atoms in total. The monoisotopic (exact) mass is 197 g/mol. The number of carbonyl (C=O) groups is 1. The van der Waals surface area contributed by atoms with Crippen molar-refractivity contribution in [1.82, 2.24) is 0 Å². The van der Waals surface area contributed by atoms with Gasteiger partial charge in [-0.15, -0.1) is 0 Å². The molecule has 0 aromatic heterocycles. The second-order valence-electron chi connectivity index (χ2n) is 4.73. The van der Waals surface area contributed by atoms with Gasteiger partial charge in [-0.3, -0.25) is 4.79 Å². The Morgan fingerprint density at radius 3 is 2.50 bits per heavy atom. The molecule has 0 spiro atoms. The molecule has 14 heavy (non-hydrogen) atoms. The molecule has 2 N–H and O–H groups in total. The van der Waals surface area contributed by atoms with E-state index in [1.165, 1.54) is 32.1 Å². The number of unbranched alkanes of at least 4 members (excludes halogenated alkanes) is 2. The number of carbonyl (C=O) groups excluding carboxylic acids is 1. The molecule has 2 heteroatoms. The molecule has 0 aliphatic heterocycles. The summed E-state index contributed by atoms with van der Waals surface area (Å²) in [6.07, 6.45) is 8.56. The van der Waals surface area contributed by atoms with Crippen LogP contribution in [-0.4, -0.2) is 12.3 Å². The van der Waals surface area contributed by atoms with Gasteiger partial charge in [0.1, 0.15) is 5.78 Å². The number of nitrogens with two attached hydrogens (primary N) is 1. The van der Waals surface area contributed by atoms with Crippen molar-refractivity contribution in [2.45, 2.75) is 58.3 Å². The zero-order valence-electron chi connectivity index (χ0n) is 9.35. The van der Waals surface area contributed by atoms with E-state index in [1.807, 2.05) is 0 Å². The molecule has 1 aliphatic rings. The van der Waals surface area contributed by atoms with Crippen LogP contribution in [-0.2, 0) is 4.79 Å². The molecule has 1 fully saturated rings. The molecular formula is C12H23NO. The van der Waals surface area contributed by atoms with Gasteiger partial charge in [0.15, 0.2) is 0 Å². The summed E-state index contributed by atoms with van der Waals surface area (Å²) in [5, 5.41) is 0. The molecule has 0 unspecified atom stereocenters. The molecule has 1 rings (SSSR count). The van der Waals surface area contributed by atoms with Crippen LogP contribution in [0.15, 0.2) is 0 Å². The molecule has 0 aromatic carbocycles. The maximum Gasteiger partial charge on any atom is 0.133 e. The van der Waals surface area contributed by atoms with Gasteiger partial charge >= 0.3 is 0 Å². The predicted molar refractivity (Wildman–Crippen MR) is 59.1 cm³/mol. The number of rotatable bonds is 7. The lowest BCUT2D eigenvalue weighted by atomic mass is 9.65. The minimum Gasteiger partial charge on any atom is -0.330 e. The van der Waals surface area contributed by atoms with E-state index in [1.54, 1.807) is 0 Å². The second-order valence-corrected chi connectivity index (χ2v) is 4.73. The van der Waals surface area contributed by atoms with Gasteiger partial charge in [-0.05, 0) is 31.2 Å². The van der Waals surface area contributed by atoms with E-state index in [2.05, 4.69) is 6.92 Å². The number of hydrogen-bond donors (Lipinski definition) is 1. The third kappa shape index (κ3) is 3.09. The van der Waals surface area contributed by atoms with Gasteiger partial charge in [-0.25, -0.2) is 0 Å². The lowest BCUT2D eigenvalue weighted by Crippen LogP contribution is -2.39. The van der Waals surface area contributed by atoms with Crippen molar-refractivity contribution in [2.24, 2.45) is 11.1 Å². The van der Waals surface area contributed by atoms with Crippen LogP contribution in [0.1, 0.15) is 58.3 Å². The largest absolute Gasteiger partial charge is 0.330 e. The minimum absolute atomic E-state index is 0.212. The van der Waals surface area contributed by atoms with Crippen LogP contribution < -0.4 is 5.73 Å². The first-order valence-electron chi connectivity index (χ1n) is 5.94. The third-order valence-corrected chi connectivity index (χ3v) is 3.48. The van der Waals surface area contributed by atoms with E-state index in [-0.39, 0.29) is 5.41 Å². The second kappa shape index (κ2) is 5.50. The zero-order chi connectivity index (χ0) is 10.4. The number of Topliss-reactive ketones (excluding diaryl/α,β-unsaturated/α-hetero) is 1. The summed E-state index contributed by atoms with van der Waals surface area (Å²) in [5.41, 5.74) is 5.93. The Morgan fingerprint density at radius 2 is 2.07 bits per heavy atom.